The second kappa shape index (κ2) is 11.4. The van der Waals surface area contributed by atoms with Gasteiger partial charge in [-0.25, -0.2) is 24.5 Å². The quantitative estimate of drug-likeness (QED) is 0.292. The predicted molar refractivity (Wildman–Crippen MR) is 136 cm³/mol. The number of anilines is 3. The maximum absolute atomic E-state index is 12.4. The van der Waals surface area contributed by atoms with Crippen LogP contribution in [0.25, 0.3) is 11.3 Å². The van der Waals surface area contributed by atoms with Crippen LogP contribution < -0.4 is 20.7 Å². The Morgan fingerprint density at radius 1 is 0.889 bits per heavy atom. The van der Waals surface area contributed by atoms with Gasteiger partial charge in [-0.05, 0) is 67.6 Å². The van der Waals surface area contributed by atoms with Crippen molar-refractivity contribution < 1.29 is 19.1 Å². The Balaban J connectivity index is 1.41. The molecular formula is C26H24N6O4. The van der Waals surface area contributed by atoms with Crippen LogP contribution in [0.15, 0.2) is 79.1 Å². The Labute approximate surface area is 207 Å². The van der Waals surface area contributed by atoms with Crippen LogP contribution in [0.3, 0.4) is 0 Å². The third-order valence-corrected chi connectivity index (χ3v) is 4.88. The lowest BCUT2D eigenvalue weighted by atomic mass is 10.2. The molecule has 0 fully saturated rings. The van der Waals surface area contributed by atoms with Gasteiger partial charge in [0.25, 0.3) is 0 Å². The van der Waals surface area contributed by atoms with Crippen molar-refractivity contribution in [3.05, 3.63) is 84.7 Å². The summed E-state index contributed by atoms with van der Waals surface area (Å²) in [7, 11) is 1.75. The van der Waals surface area contributed by atoms with Crippen molar-refractivity contribution in [2.75, 3.05) is 29.6 Å². The van der Waals surface area contributed by atoms with Crippen molar-refractivity contribution in [2.24, 2.45) is 0 Å². The average Bonchev–Trinajstić information content (AvgIpc) is 2.90. The Kier molecular flexibility index (Phi) is 7.66. The van der Waals surface area contributed by atoms with Gasteiger partial charge in [0.05, 0.1) is 23.4 Å². The third kappa shape index (κ3) is 6.11. The molecule has 0 saturated carbocycles. The first-order chi connectivity index (χ1) is 17.6. The highest BCUT2D eigenvalue weighted by Gasteiger charge is 2.12. The molecule has 2 aromatic carbocycles. The number of carbonyl (C=O) groups is 2. The number of nitrogens with zero attached hydrogens (tertiary/aromatic N) is 3. The number of carbonyl (C=O) groups excluding carboxylic acids is 2. The summed E-state index contributed by atoms with van der Waals surface area (Å²) in [4.78, 5) is 37.2. The minimum absolute atomic E-state index is 0.274. The lowest BCUT2D eigenvalue weighted by Crippen LogP contribution is -2.19. The van der Waals surface area contributed by atoms with E-state index >= 15 is 0 Å². The van der Waals surface area contributed by atoms with Crippen LogP contribution in [-0.4, -0.2) is 40.6 Å². The summed E-state index contributed by atoms with van der Waals surface area (Å²) in [5.41, 5.74) is 2.75. The van der Waals surface area contributed by atoms with Gasteiger partial charge in [0.1, 0.15) is 5.75 Å². The number of pyridine rings is 1. The van der Waals surface area contributed by atoms with Crippen molar-refractivity contribution in [2.45, 2.75) is 6.92 Å². The standard InChI is InChI=1S/C26H24N6O4/c1-3-35-24(33)17-6-4-7-19(16-17)31-26(34)30-18-9-11-20(12-10-18)36-23-21(8-5-14-28-23)22-13-15-29-25(27-2)32-22/h4-16H,3H2,1-2H3,(H,27,29,32)(H2,30,31,34). The Morgan fingerprint density at radius 2 is 1.69 bits per heavy atom. The third-order valence-electron chi connectivity index (χ3n) is 4.88. The smallest absolute Gasteiger partial charge is 0.338 e. The van der Waals surface area contributed by atoms with E-state index in [0.29, 0.717) is 45.8 Å². The highest BCUT2D eigenvalue weighted by Crippen LogP contribution is 2.31. The number of nitrogens with one attached hydrogen (secondary N) is 3. The molecule has 10 heteroatoms. The molecule has 0 aliphatic heterocycles. The number of urea groups is 1. The van der Waals surface area contributed by atoms with Gasteiger partial charge in [-0.2, -0.15) is 0 Å². The van der Waals surface area contributed by atoms with Crippen LogP contribution >= 0.6 is 0 Å². The summed E-state index contributed by atoms with van der Waals surface area (Å²) in [6.45, 7) is 2.01. The molecule has 0 spiro atoms. The van der Waals surface area contributed by atoms with E-state index in [9.17, 15) is 9.59 Å². The highest BCUT2D eigenvalue weighted by molar-refractivity contribution is 6.00. The van der Waals surface area contributed by atoms with Crippen LogP contribution in [0, 0.1) is 0 Å². The van der Waals surface area contributed by atoms with Crippen molar-refractivity contribution in [3.63, 3.8) is 0 Å². The molecule has 0 saturated heterocycles. The predicted octanol–water partition coefficient (Wildman–Crippen LogP) is 5.19. The largest absolute Gasteiger partial charge is 0.462 e. The number of hydrogen-bond donors (Lipinski definition) is 3. The van der Waals surface area contributed by atoms with E-state index < -0.39 is 12.0 Å². The molecule has 0 bridgehead atoms. The zero-order valence-corrected chi connectivity index (χ0v) is 19.7. The van der Waals surface area contributed by atoms with Crippen LogP contribution in [0.5, 0.6) is 11.6 Å². The normalized spacial score (nSPS) is 10.3. The van der Waals surface area contributed by atoms with E-state index in [0.717, 1.165) is 0 Å². The summed E-state index contributed by atoms with van der Waals surface area (Å²) in [5, 5.41) is 8.36. The fourth-order valence-corrected chi connectivity index (χ4v) is 3.25. The molecule has 0 unspecified atom stereocenters. The summed E-state index contributed by atoms with van der Waals surface area (Å²) in [6.07, 6.45) is 3.29. The minimum Gasteiger partial charge on any atom is -0.462 e. The molecule has 2 aromatic heterocycles. The maximum Gasteiger partial charge on any atom is 0.338 e. The van der Waals surface area contributed by atoms with Gasteiger partial charge in [0, 0.05) is 30.8 Å². The van der Waals surface area contributed by atoms with Gasteiger partial charge in [0.2, 0.25) is 11.8 Å². The number of hydrogen-bond acceptors (Lipinski definition) is 8. The lowest BCUT2D eigenvalue weighted by molar-refractivity contribution is 0.0526. The molecular weight excluding hydrogens is 460 g/mol. The molecule has 36 heavy (non-hydrogen) atoms. The molecule has 10 nitrogen and oxygen atoms in total. The number of aromatic nitrogens is 3. The molecule has 182 valence electrons. The monoisotopic (exact) mass is 484 g/mol. The molecule has 0 aliphatic rings. The first-order valence-corrected chi connectivity index (χ1v) is 11.1. The summed E-state index contributed by atoms with van der Waals surface area (Å²) >= 11 is 0. The van der Waals surface area contributed by atoms with E-state index in [-0.39, 0.29) is 6.61 Å². The zero-order valence-electron chi connectivity index (χ0n) is 19.7. The van der Waals surface area contributed by atoms with Crippen molar-refractivity contribution >= 4 is 29.3 Å². The van der Waals surface area contributed by atoms with Crippen LogP contribution in [0.1, 0.15) is 17.3 Å². The zero-order chi connectivity index (χ0) is 25.3. The molecule has 2 amide bonds. The van der Waals surface area contributed by atoms with E-state index in [1.54, 1.807) is 87.0 Å². The molecule has 2 heterocycles. The number of esters is 1. The van der Waals surface area contributed by atoms with Gasteiger partial charge in [-0.15, -0.1) is 0 Å². The molecule has 0 atom stereocenters. The van der Waals surface area contributed by atoms with Crippen LogP contribution in [0.2, 0.25) is 0 Å². The average molecular weight is 485 g/mol. The SMILES string of the molecule is CCOC(=O)c1cccc(NC(=O)Nc2ccc(Oc3ncccc3-c3ccnc(NC)n3)cc2)c1. The lowest BCUT2D eigenvalue weighted by Gasteiger charge is -2.11. The molecule has 4 rings (SSSR count). The van der Waals surface area contributed by atoms with Crippen molar-refractivity contribution in [3.8, 4) is 22.9 Å². The Morgan fingerprint density at radius 3 is 2.47 bits per heavy atom. The Hall–Kier alpha value is -4.99. The first-order valence-electron chi connectivity index (χ1n) is 11.1. The second-order valence-electron chi connectivity index (χ2n) is 7.38. The number of rotatable bonds is 8. The minimum atomic E-state index is -0.458. The van der Waals surface area contributed by atoms with Gasteiger partial charge in [-0.1, -0.05) is 6.07 Å². The maximum atomic E-state index is 12.4. The number of amides is 2. The summed E-state index contributed by atoms with van der Waals surface area (Å²) in [5.74, 6) is 0.961. The van der Waals surface area contributed by atoms with Crippen LogP contribution in [0.4, 0.5) is 22.1 Å². The fourth-order valence-electron chi connectivity index (χ4n) is 3.25. The highest BCUT2D eigenvalue weighted by atomic mass is 16.5. The van der Waals surface area contributed by atoms with Gasteiger partial charge < -0.3 is 25.4 Å². The van der Waals surface area contributed by atoms with E-state index in [4.69, 9.17) is 9.47 Å². The second-order valence-corrected chi connectivity index (χ2v) is 7.38. The van der Waals surface area contributed by atoms with E-state index in [2.05, 4.69) is 30.9 Å². The molecule has 0 radical (unpaired) electrons. The topological polar surface area (TPSA) is 127 Å². The van der Waals surface area contributed by atoms with E-state index in [1.807, 2.05) is 6.07 Å². The molecule has 4 aromatic rings. The fraction of sp³-hybridized carbons (Fsp3) is 0.115. The van der Waals surface area contributed by atoms with Gasteiger partial charge >= 0.3 is 12.0 Å². The van der Waals surface area contributed by atoms with Crippen molar-refractivity contribution in [1.82, 2.24) is 15.0 Å². The molecule has 3 N–H and O–H groups in total. The van der Waals surface area contributed by atoms with E-state index in [1.165, 1.54) is 0 Å². The van der Waals surface area contributed by atoms with Crippen molar-refractivity contribution in [1.29, 1.82) is 0 Å². The Bertz CT molecular complexity index is 1360. The van der Waals surface area contributed by atoms with Gasteiger partial charge in [0.15, 0.2) is 0 Å². The van der Waals surface area contributed by atoms with Crippen LogP contribution in [-0.2, 0) is 4.74 Å². The first kappa shape index (κ1) is 24.1. The van der Waals surface area contributed by atoms with Gasteiger partial charge in [-0.3, -0.25) is 0 Å². The summed E-state index contributed by atoms with van der Waals surface area (Å²) < 4.78 is 11.0. The molecule has 0 aliphatic carbocycles. The summed E-state index contributed by atoms with van der Waals surface area (Å²) in [6, 6.07) is 18.4. The number of benzene rings is 2. The number of ether oxygens (including phenoxy) is 2.